The van der Waals surface area contributed by atoms with Crippen LogP contribution in [0.3, 0.4) is 0 Å². The Morgan fingerprint density at radius 2 is 1.94 bits per heavy atom. The minimum atomic E-state index is -0.930. The third-order valence-electron chi connectivity index (χ3n) is 2.10. The van der Waals surface area contributed by atoms with Crippen LogP contribution in [0.1, 0.15) is 12.0 Å². The Morgan fingerprint density at radius 1 is 1.29 bits per heavy atom. The first-order valence-electron chi connectivity index (χ1n) is 5.13. The lowest BCUT2D eigenvalue weighted by molar-refractivity contribution is -0.137. The number of rotatable bonds is 3. The van der Waals surface area contributed by atoms with E-state index < -0.39 is 5.97 Å². The van der Waals surface area contributed by atoms with Crippen molar-refractivity contribution in [2.45, 2.75) is 6.42 Å². The van der Waals surface area contributed by atoms with E-state index in [0.29, 0.717) is 0 Å². The molecule has 0 bridgehead atoms. The van der Waals surface area contributed by atoms with Crippen molar-refractivity contribution < 1.29 is 14.7 Å². The van der Waals surface area contributed by atoms with Crippen LogP contribution in [-0.4, -0.2) is 35.5 Å². The molecule has 0 aliphatic heterocycles. The van der Waals surface area contributed by atoms with Crippen LogP contribution < -0.4 is 0 Å². The van der Waals surface area contributed by atoms with Crippen LogP contribution in [0.5, 0.6) is 0 Å². The van der Waals surface area contributed by atoms with Crippen molar-refractivity contribution >= 4 is 11.9 Å². The summed E-state index contributed by atoms with van der Waals surface area (Å²) in [6.07, 6.45) is -0.0741. The molecule has 1 N–H and O–H groups in total. The molecule has 17 heavy (non-hydrogen) atoms. The lowest BCUT2D eigenvalue weighted by Crippen LogP contribution is -2.27. The molecular formula is C13H13NO3. The van der Waals surface area contributed by atoms with Crippen molar-refractivity contribution in [1.29, 1.82) is 0 Å². The Labute approximate surface area is 99.9 Å². The maximum absolute atomic E-state index is 11.5. The number of hydrogen-bond acceptors (Lipinski definition) is 2. The number of hydrogen-bond donors (Lipinski definition) is 1. The van der Waals surface area contributed by atoms with Gasteiger partial charge in [-0.05, 0) is 12.1 Å². The van der Waals surface area contributed by atoms with Crippen molar-refractivity contribution in [3.63, 3.8) is 0 Å². The molecule has 1 aromatic rings. The van der Waals surface area contributed by atoms with Gasteiger partial charge >= 0.3 is 5.97 Å². The van der Waals surface area contributed by atoms with Crippen LogP contribution in [0.2, 0.25) is 0 Å². The highest BCUT2D eigenvalue weighted by Gasteiger charge is 2.06. The molecule has 0 unspecified atom stereocenters. The molecule has 1 rings (SSSR count). The van der Waals surface area contributed by atoms with Gasteiger partial charge < -0.3 is 10.0 Å². The number of carbonyl (C=O) groups excluding carboxylic acids is 1. The molecule has 0 spiro atoms. The topological polar surface area (TPSA) is 57.6 Å². The van der Waals surface area contributed by atoms with E-state index in [1.54, 1.807) is 12.1 Å². The first-order valence-corrected chi connectivity index (χ1v) is 5.13. The first kappa shape index (κ1) is 12.8. The zero-order valence-corrected chi connectivity index (χ0v) is 9.51. The average molecular weight is 231 g/mol. The molecular weight excluding hydrogens is 218 g/mol. The lowest BCUT2D eigenvalue weighted by Gasteiger charge is -2.11. The molecule has 0 saturated heterocycles. The summed E-state index contributed by atoms with van der Waals surface area (Å²) < 4.78 is 0. The summed E-state index contributed by atoms with van der Waals surface area (Å²) in [7, 11) is 1.53. The fourth-order valence-electron chi connectivity index (χ4n) is 1.11. The van der Waals surface area contributed by atoms with E-state index in [-0.39, 0.29) is 18.9 Å². The molecule has 0 heterocycles. The molecule has 4 heteroatoms. The fourth-order valence-corrected chi connectivity index (χ4v) is 1.11. The highest BCUT2D eigenvalue weighted by molar-refractivity contribution is 5.94. The second-order valence-corrected chi connectivity index (χ2v) is 3.49. The SMILES string of the molecule is CN(CCC(=O)O)C(=O)C#Cc1ccccc1. The van der Waals surface area contributed by atoms with Gasteiger partial charge in [0.2, 0.25) is 0 Å². The number of carboxylic acids is 1. The number of amides is 1. The van der Waals surface area contributed by atoms with Crippen LogP contribution in [-0.2, 0) is 9.59 Å². The summed E-state index contributed by atoms with van der Waals surface area (Å²) in [6, 6.07) is 9.15. The second-order valence-electron chi connectivity index (χ2n) is 3.49. The number of nitrogens with zero attached hydrogens (tertiary/aromatic N) is 1. The summed E-state index contributed by atoms with van der Waals surface area (Å²) in [5.41, 5.74) is 0.757. The van der Waals surface area contributed by atoms with E-state index in [4.69, 9.17) is 5.11 Å². The number of benzene rings is 1. The van der Waals surface area contributed by atoms with Crippen molar-refractivity contribution in [2.75, 3.05) is 13.6 Å². The van der Waals surface area contributed by atoms with Gasteiger partial charge in [-0.1, -0.05) is 24.1 Å². The molecule has 0 aliphatic carbocycles. The highest BCUT2D eigenvalue weighted by Crippen LogP contribution is 1.95. The van der Waals surface area contributed by atoms with Gasteiger partial charge in [0.25, 0.3) is 5.91 Å². The molecule has 1 amide bonds. The molecule has 0 saturated carbocycles. The van der Waals surface area contributed by atoms with Gasteiger partial charge in [-0.15, -0.1) is 0 Å². The van der Waals surface area contributed by atoms with E-state index in [2.05, 4.69) is 11.8 Å². The van der Waals surface area contributed by atoms with E-state index in [0.717, 1.165) is 5.56 Å². The molecule has 88 valence electrons. The molecule has 0 fully saturated rings. The molecule has 0 aliphatic rings. The summed E-state index contributed by atoms with van der Waals surface area (Å²) in [5, 5.41) is 8.48. The predicted octanol–water partition coefficient (Wildman–Crippen LogP) is 0.971. The fraction of sp³-hybridized carbons (Fsp3) is 0.231. The van der Waals surface area contributed by atoms with E-state index in [1.807, 2.05) is 18.2 Å². The third kappa shape index (κ3) is 4.85. The third-order valence-corrected chi connectivity index (χ3v) is 2.10. The molecule has 0 radical (unpaired) electrons. The standard InChI is InChI=1S/C13H13NO3/c1-14(10-9-13(16)17)12(15)8-7-11-5-3-2-4-6-11/h2-6H,9-10H2,1H3,(H,16,17). The summed E-state index contributed by atoms with van der Waals surface area (Å²) in [5.74, 6) is 3.88. The number of carboxylic acid groups (broad SMARTS) is 1. The van der Waals surface area contributed by atoms with Crippen LogP contribution in [0, 0.1) is 11.8 Å². The van der Waals surface area contributed by atoms with Crippen LogP contribution in [0.4, 0.5) is 0 Å². The van der Waals surface area contributed by atoms with Gasteiger partial charge in [-0.25, -0.2) is 0 Å². The minimum Gasteiger partial charge on any atom is -0.481 e. The van der Waals surface area contributed by atoms with Crippen molar-refractivity contribution in [1.82, 2.24) is 4.90 Å². The zero-order chi connectivity index (χ0) is 12.7. The van der Waals surface area contributed by atoms with Gasteiger partial charge in [0.15, 0.2) is 0 Å². The number of carbonyl (C=O) groups is 2. The van der Waals surface area contributed by atoms with Gasteiger partial charge in [0.05, 0.1) is 6.42 Å². The highest BCUT2D eigenvalue weighted by atomic mass is 16.4. The largest absolute Gasteiger partial charge is 0.481 e. The lowest BCUT2D eigenvalue weighted by atomic mass is 10.2. The smallest absolute Gasteiger partial charge is 0.305 e. The predicted molar refractivity (Wildman–Crippen MR) is 63.2 cm³/mol. The number of aliphatic carboxylic acids is 1. The minimum absolute atomic E-state index is 0.0741. The average Bonchev–Trinajstić information content (AvgIpc) is 2.34. The molecule has 0 atom stereocenters. The Balaban J connectivity index is 2.55. The Morgan fingerprint density at radius 3 is 2.53 bits per heavy atom. The van der Waals surface area contributed by atoms with Gasteiger partial charge in [-0.3, -0.25) is 9.59 Å². The summed E-state index contributed by atoms with van der Waals surface area (Å²) >= 11 is 0. The Bertz CT molecular complexity index is 457. The first-order chi connectivity index (χ1) is 8.09. The molecule has 4 nitrogen and oxygen atoms in total. The quantitative estimate of drug-likeness (QED) is 0.789. The van der Waals surface area contributed by atoms with E-state index in [9.17, 15) is 9.59 Å². The van der Waals surface area contributed by atoms with Crippen molar-refractivity contribution in [3.05, 3.63) is 35.9 Å². The Kier molecular flexibility index (Phi) is 4.77. The van der Waals surface area contributed by atoms with Gasteiger partial charge in [-0.2, -0.15) is 0 Å². The van der Waals surface area contributed by atoms with Crippen LogP contribution in [0.15, 0.2) is 30.3 Å². The van der Waals surface area contributed by atoms with Gasteiger partial charge in [0, 0.05) is 25.1 Å². The molecule has 1 aromatic carbocycles. The summed E-state index contributed by atoms with van der Waals surface area (Å²) in [4.78, 5) is 23.1. The van der Waals surface area contributed by atoms with E-state index >= 15 is 0 Å². The Hall–Kier alpha value is -2.28. The normalized spacial score (nSPS) is 9.00. The summed E-state index contributed by atoms with van der Waals surface area (Å²) in [6.45, 7) is 0.164. The monoisotopic (exact) mass is 231 g/mol. The van der Waals surface area contributed by atoms with Gasteiger partial charge in [0.1, 0.15) is 0 Å². The maximum atomic E-state index is 11.5. The maximum Gasteiger partial charge on any atom is 0.305 e. The van der Waals surface area contributed by atoms with Crippen molar-refractivity contribution in [3.8, 4) is 11.8 Å². The van der Waals surface area contributed by atoms with E-state index in [1.165, 1.54) is 11.9 Å². The van der Waals surface area contributed by atoms with Crippen molar-refractivity contribution in [2.24, 2.45) is 0 Å². The second kappa shape index (κ2) is 6.33. The van der Waals surface area contributed by atoms with Crippen LogP contribution in [0.25, 0.3) is 0 Å². The zero-order valence-electron chi connectivity index (χ0n) is 9.51. The molecule has 0 aromatic heterocycles. The van der Waals surface area contributed by atoms with Crippen LogP contribution >= 0.6 is 0 Å².